The van der Waals surface area contributed by atoms with Crippen LogP contribution in [0.3, 0.4) is 0 Å². The van der Waals surface area contributed by atoms with Crippen LogP contribution in [-0.4, -0.2) is 29.3 Å². The zero-order chi connectivity index (χ0) is 14.4. The number of aromatic nitrogens is 2. The smallest absolute Gasteiger partial charge is 0.318 e. The van der Waals surface area contributed by atoms with Crippen LogP contribution in [0.15, 0.2) is 4.52 Å². The van der Waals surface area contributed by atoms with Gasteiger partial charge in [-0.1, -0.05) is 19.0 Å². The van der Waals surface area contributed by atoms with Gasteiger partial charge in [0.25, 0.3) is 0 Å². The third-order valence-electron chi connectivity index (χ3n) is 2.67. The van der Waals surface area contributed by atoms with E-state index in [2.05, 4.69) is 10.1 Å². The molecule has 0 aromatic carbocycles. The average molecular weight is 270 g/mol. The van der Waals surface area contributed by atoms with Crippen molar-refractivity contribution >= 4 is 5.97 Å². The number of hydrogen-bond acceptors (Lipinski definition) is 6. The summed E-state index contributed by atoms with van der Waals surface area (Å²) in [6.45, 7) is 10.3. The second-order valence-electron chi connectivity index (χ2n) is 4.58. The van der Waals surface area contributed by atoms with Crippen LogP contribution in [0.4, 0.5) is 0 Å². The summed E-state index contributed by atoms with van der Waals surface area (Å²) in [5, 5.41) is 3.90. The first kappa shape index (κ1) is 15.6. The Bertz CT molecular complexity index is 403. The molecule has 6 nitrogen and oxygen atoms in total. The van der Waals surface area contributed by atoms with Crippen molar-refractivity contribution in [3.05, 3.63) is 11.7 Å². The summed E-state index contributed by atoms with van der Waals surface area (Å²) in [6, 6.07) is 0. The molecule has 1 aromatic rings. The number of hydrogen-bond donors (Lipinski definition) is 0. The second kappa shape index (κ2) is 7.23. The monoisotopic (exact) mass is 270 g/mol. The highest BCUT2D eigenvalue weighted by Gasteiger charge is 2.27. The molecule has 1 rings (SSSR count). The summed E-state index contributed by atoms with van der Waals surface area (Å²) >= 11 is 0. The molecular formula is C13H22N2O4. The zero-order valence-electron chi connectivity index (χ0n) is 12.2. The molecule has 2 atom stereocenters. The van der Waals surface area contributed by atoms with E-state index in [1.807, 2.05) is 20.8 Å². The van der Waals surface area contributed by atoms with Crippen LogP contribution < -0.4 is 0 Å². The van der Waals surface area contributed by atoms with Crippen molar-refractivity contribution in [1.29, 1.82) is 0 Å². The molecular weight excluding hydrogens is 248 g/mol. The van der Waals surface area contributed by atoms with Gasteiger partial charge in [0.1, 0.15) is 12.0 Å². The molecule has 19 heavy (non-hydrogen) atoms. The summed E-state index contributed by atoms with van der Waals surface area (Å²) in [4.78, 5) is 15.9. The van der Waals surface area contributed by atoms with Crippen LogP contribution in [0.2, 0.25) is 0 Å². The van der Waals surface area contributed by atoms with Crippen molar-refractivity contribution in [2.75, 3.05) is 13.2 Å². The summed E-state index contributed by atoms with van der Waals surface area (Å²) < 4.78 is 15.6. The van der Waals surface area contributed by atoms with Gasteiger partial charge in [-0.2, -0.15) is 4.98 Å². The van der Waals surface area contributed by atoms with E-state index in [4.69, 9.17) is 14.0 Å². The van der Waals surface area contributed by atoms with Crippen LogP contribution in [0.25, 0.3) is 0 Å². The lowest BCUT2D eigenvalue weighted by molar-refractivity contribution is -0.145. The number of rotatable bonds is 7. The molecule has 1 aromatic heterocycles. The molecule has 0 spiro atoms. The van der Waals surface area contributed by atoms with Crippen LogP contribution in [-0.2, 0) is 14.3 Å². The molecule has 0 amide bonds. The predicted molar refractivity (Wildman–Crippen MR) is 68.6 cm³/mol. The fraction of sp³-hybridized carbons (Fsp3) is 0.769. The molecule has 0 N–H and O–H groups in total. The van der Waals surface area contributed by atoms with Crippen molar-refractivity contribution < 1.29 is 18.8 Å². The lowest BCUT2D eigenvalue weighted by atomic mass is 10.1. The van der Waals surface area contributed by atoms with E-state index in [1.165, 1.54) is 0 Å². The first-order valence-electron chi connectivity index (χ1n) is 6.62. The number of ether oxygens (including phenoxy) is 2. The molecule has 0 aliphatic rings. The predicted octanol–water partition coefficient (Wildman–Crippen LogP) is 2.47. The minimum atomic E-state index is -0.560. The Kier molecular flexibility index (Phi) is 5.95. The van der Waals surface area contributed by atoms with Crippen LogP contribution >= 0.6 is 0 Å². The molecule has 0 bridgehead atoms. The van der Waals surface area contributed by atoms with Crippen LogP contribution in [0, 0.1) is 5.92 Å². The normalized spacial score (nSPS) is 14.4. The van der Waals surface area contributed by atoms with E-state index >= 15 is 0 Å². The highest BCUT2D eigenvalue weighted by atomic mass is 16.5. The first-order valence-corrected chi connectivity index (χ1v) is 6.62. The molecule has 0 aliphatic heterocycles. The van der Waals surface area contributed by atoms with Crippen molar-refractivity contribution in [1.82, 2.24) is 10.1 Å². The summed E-state index contributed by atoms with van der Waals surface area (Å²) in [5.41, 5.74) is 0. The Balaban J connectivity index is 2.83. The molecule has 0 aliphatic carbocycles. The van der Waals surface area contributed by atoms with Gasteiger partial charge < -0.3 is 14.0 Å². The van der Waals surface area contributed by atoms with E-state index < -0.39 is 5.92 Å². The summed E-state index contributed by atoms with van der Waals surface area (Å²) in [5.74, 6) is 0.0379. The fourth-order valence-electron chi connectivity index (χ4n) is 1.65. The van der Waals surface area contributed by atoms with Gasteiger partial charge in [-0.3, -0.25) is 4.79 Å². The Morgan fingerprint density at radius 2 is 1.95 bits per heavy atom. The summed E-state index contributed by atoms with van der Waals surface area (Å²) in [7, 11) is 0. The van der Waals surface area contributed by atoms with Crippen molar-refractivity contribution in [3.63, 3.8) is 0 Å². The van der Waals surface area contributed by atoms with Gasteiger partial charge >= 0.3 is 5.97 Å². The Hall–Kier alpha value is -1.43. The minimum Gasteiger partial charge on any atom is -0.465 e. The van der Waals surface area contributed by atoms with Crippen LogP contribution in [0.1, 0.15) is 58.4 Å². The highest BCUT2D eigenvalue weighted by molar-refractivity contribution is 5.76. The largest absolute Gasteiger partial charge is 0.465 e. The molecule has 0 radical (unpaired) electrons. The standard InChI is InChI=1S/C13H22N2O4/c1-6-17-10(8(3)4)11-14-12(19-15-11)9(5)13(16)18-7-2/h8-10H,6-7H2,1-5H3. The first-order chi connectivity index (χ1) is 9.01. The maximum Gasteiger partial charge on any atom is 0.318 e. The molecule has 0 saturated carbocycles. The van der Waals surface area contributed by atoms with Gasteiger partial charge in [0.2, 0.25) is 11.7 Å². The van der Waals surface area contributed by atoms with Gasteiger partial charge in [0, 0.05) is 6.61 Å². The molecule has 6 heteroatoms. The van der Waals surface area contributed by atoms with Gasteiger partial charge in [-0.15, -0.1) is 0 Å². The van der Waals surface area contributed by atoms with E-state index in [9.17, 15) is 4.79 Å². The Morgan fingerprint density at radius 3 is 2.47 bits per heavy atom. The van der Waals surface area contributed by atoms with Crippen molar-refractivity contribution in [2.45, 2.75) is 46.6 Å². The van der Waals surface area contributed by atoms with Crippen molar-refractivity contribution in [2.24, 2.45) is 5.92 Å². The molecule has 0 saturated heterocycles. The number of carbonyl (C=O) groups excluding carboxylic acids is 1. The van der Waals surface area contributed by atoms with Crippen molar-refractivity contribution in [3.8, 4) is 0 Å². The van der Waals surface area contributed by atoms with Gasteiger partial charge in [-0.05, 0) is 26.7 Å². The van der Waals surface area contributed by atoms with Gasteiger partial charge in [0.15, 0.2) is 0 Å². The topological polar surface area (TPSA) is 74.5 Å². The SMILES string of the molecule is CCOC(=O)C(C)c1nc(C(OCC)C(C)C)no1. The third kappa shape index (κ3) is 4.02. The van der Waals surface area contributed by atoms with E-state index in [0.717, 1.165) is 0 Å². The second-order valence-corrected chi connectivity index (χ2v) is 4.58. The van der Waals surface area contributed by atoms with E-state index in [0.29, 0.717) is 19.0 Å². The molecule has 1 heterocycles. The summed E-state index contributed by atoms with van der Waals surface area (Å²) in [6.07, 6.45) is -0.225. The maximum atomic E-state index is 11.6. The average Bonchev–Trinajstić information content (AvgIpc) is 2.84. The molecule has 2 unspecified atom stereocenters. The van der Waals surface area contributed by atoms with E-state index in [-0.39, 0.29) is 23.9 Å². The number of esters is 1. The number of nitrogens with zero attached hydrogens (tertiary/aromatic N) is 2. The zero-order valence-corrected chi connectivity index (χ0v) is 12.2. The molecule has 108 valence electrons. The minimum absolute atomic E-state index is 0.225. The highest BCUT2D eigenvalue weighted by Crippen LogP contribution is 2.25. The van der Waals surface area contributed by atoms with Crippen LogP contribution in [0.5, 0.6) is 0 Å². The Labute approximate surface area is 113 Å². The quantitative estimate of drug-likeness (QED) is 0.708. The van der Waals surface area contributed by atoms with Gasteiger partial charge in [-0.25, -0.2) is 0 Å². The number of carbonyl (C=O) groups is 1. The Morgan fingerprint density at radius 1 is 1.26 bits per heavy atom. The fourth-order valence-corrected chi connectivity index (χ4v) is 1.65. The lowest BCUT2D eigenvalue weighted by Crippen LogP contribution is -2.15. The lowest BCUT2D eigenvalue weighted by Gasteiger charge is -2.16. The molecule has 0 fully saturated rings. The third-order valence-corrected chi connectivity index (χ3v) is 2.67. The maximum absolute atomic E-state index is 11.6. The van der Waals surface area contributed by atoms with Gasteiger partial charge in [0.05, 0.1) is 6.61 Å². The van der Waals surface area contributed by atoms with E-state index in [1.54, 1.807) is 13.8 Å².